The number of nitrogens with zero attached hydrogens (tertiary/aromatic N) is 2. The third-order valence-electron chi connectivity index (χ3n) is 3.87. The molecule has 2 heterocycles. The number of amides is 1. The second-order valence-corrected chi connectivity index (χ2v) is 6.05. The van der Waals surface area contributed by atoms with E-state index in [2.05, 4.69) is 21.6 Å². The molecule has 0 aliphatic heterocycles. The fraction of sp³-hybridized carbons (Fsp3) is 0.278. The van der Waals surface area contributed by atoms with Gasteiger partial charge in [-0.05, 0) is 19.4 Å². The molecule has 2 aromatic heterocycles. The summed E-state index contributed by atoms with van der Waals surface area (Å²) >= 11 is 0. The summed E-state index contributed by atoms with van der Waals surface area (Å²) in [6.07, 6.45) is 2.31. The standard InChI is InChI=1S/C18H20N4O3/c1-12-4-3-5-14(8-12)11-22-18(13(2)10-19-22)20-16(23)7-6-15-9-17(24)21-25-15/h3-5,8-10H,6-7,11H2,1-2H3,(H,20,23)(H,21,24). The van der Waals surface area contributed by atoms with Crippen LogP contribution in [-0.4, -0.2) is 20.8 Å². The summed E-state index contributed by atoms with van der Waals surface area (Å²) in [5.41, 5.74) is 2.89. The van der Waals surface area contributed by atoms with Crippen molar-refractivity contribution in [2.75, 3.05) is 5.32 Å². The summed E-state index contributed by atoms with van der Waals surface area (Å²) in [4.78, 5) is 23.2. The summed E-state index contributed by atoms with van der Waals surface area (Å²) < 4.78 is 6.73. The van der Waals surface area contributed by atoms with Crippen molar-refractivity contribution >= 4 is 11.7 Å². The minimum atomic E-state index is -0.303. The molecule has 0 unspecified atom stereocenters. The largest absolute Gasteiger partial charge is 0.384 e. The van der Waals surface area contributed by atoms with Crippen molar-refractivity contribution < 1.29 is 9.32 Å². The average molecular weight is 340 g/mol. The average Bonchev–Trinajstić information content (AvgIpc) is 3.13. The van der Waals surface area contributed by atoms with Crippen LogP contribution in [0.1, 0.15) is 28.9 Å². The van der Waals surface area contributed by atoms with E-state index in [0.29, 0.717) is 24.5 Å². The van der Waals surface area contributed by atoms with Gasteiger partial charge in [-0.25, -0.2) is 4.68 Å². The molecule has 1 aromatic carbocycles. The first kappa shape index (κ1) is 16.8. The number of aromatic nitrogens is 3. The highest BCUT2D eigenvalue weighted by molar-refractivity contribution is 5.90. The number of rotatable bonds is 6. The second-order valence-electron chi connectivity index (χ2n) is 6.05. The molecule has 0 spiro atoms. The molecule has 1 amide bonds. The monoisotopic (exact) mass is 340 g/mol. The van der Waals surface area contributed by atoms with Crippen LogP contribution in [0.3, 0.4) is 0 Å². The first-order valence-corrected chi connectivity index (χ1v) is 8.06. The Balaban J connectivity index is 1.66. The maximum Gasteiger partial charge on any atom is 0.280 e. The number of carbonyl (C=O) groups excluding carboxylic acids is 1. The SMILES string of the molecule is Cc1cccc(Cn2ncc(C)c2NC(=O)CCc2cc(=O)[nH]o2)c1. The molecule has 0 fully saturated rings. The Kier molecular flexibility index (Phi) is 4.83. The number of H-pyrrole nitrogens is 1. The summed E-state index contributed by atoms with van der Waals surface area (Å²) in [5, 5.41) is 9.47. The van der Waals surface area contributed by atoms with Gasteiger partial charge in [0.15, 0.2) is 0 Å². The molecule has 0 bridgehead atoms. The minimum absolute atomic E-state index is 0.155. The summed E-state index contributed by atoms with van der Waals surface area (Å²) in [5.74, 6) is 0.991. The van der Waals surface area contributed by atoms with Crippen LogP contribution in [0.2, 0.25) is 0 Å². The van der Waals surface area contributed by atoms with E-state index in [4.69, 9.17) is 4.52 Å². The Hall–Kier alpha value is -3.09. The van der Waals surface area contributed by atoms with Gasteiger partial charge in [0, 0.05) is 24.5 Å². The van der Waals surface area contributed by atoms with Gasteiger partial charge < -0.3 is 9.84 Å². The van der Waals surface area contributed by atoms with Crippen molar-refractivity contribution in [3.8, 4) is 0 Å². The van der Waals surface area contributed by atoms with E-state index < -0.39 is 0 Å². The third kappa shape index (κ3) is 4.26. The molecule has 3 rings (SSSR count). The third-order valence-corrected chi connectivity index (χ3v) is 3.87. The van der Waals surface area contributed by atoms with E-state index >= 15 is 0 Å². The number of nitrogens with one attached hydrogen (secondary N) is 2. The minimum Gasteiger partial charge on any atom is -0.384 e. The van der Waals surface area contributed by atoms with E-state index in [-0.39, 0.29) is 17.9 Å². The van der Waals surface area contributed by atoms with E-state index in [1.807, 2.05) is 32.0 Å². The molecular formula is C18H20N4O3. The van der Waals surface area contributed by atoms with Crippen molar-refractivity contribution in [1.82, 2.24) is 14.9 Å². The molecule has 0 saturated heterocycles. The smallest absolute Gasteiger partial charge is 0.280 e. The van der Waals surface area contributed by atoms with Gasteiger partial charge in [-0.15, -0.1) is 0 Å². The van der Waals surface area contributed by atoms with E-state index in [1.165, 1.54) is 11.6 Å². The highest BCUT2D eigenvalue weighted by Gasteiger charge is 2.12. The molecule has 0 radical (unpaired) electrons. The lowest BCUT2D eigenvalue weighted by atomic mass is 10.1. The number of hydrogen-bond donors (Lipinski definition) is 2. The molecule has 0 aliphatic carbocycles. The zero-order chi connectivity index (χ0) is 17.8. The van der Waals surface area contributed by atoms with Gasteiger partial charge in [0.25, 0.3) is 5.56 Å². The van der Waals surface area contributed by atoms with Crippen LogP contribution in [0.25, 0.3) is 0 Å². The Labute approximate surface area is 144 Å². The molecule has 25 heavy (non-hydrogen) atoms. The maximum atomic E-state index is 12.2. The Bertz CT molecular complexity index is 936. The normalized spacial score (nSPS) is 10.8. The molecule has 7 nitrogen and oxygen atoms in total. The maximum absolute atomic E-state index is 12.2. The fourth-order valence-corrected chi connectivity index (χ4v) is 2.62. The lowest BCUT2D eigenvalue weighted by Gasteiger charge is -2.10. The number of aryl methyl sites for hydroxylation is 3. The summed E-state index contributed by atoms with van der Waals surface area (Å²) in [6.45, 7) is 4.53. The van der Waals surface area contributed by atoms with Crippen LogP contribution in [0, 0.1) is 13.8 Å². The summed E-state index contributed by atoms with van der Waals surface area (Å²) in [7, 11) is 0. The number of aromatic amines is 1. The molecule has 0 atom stereocenters. The zero-order valence-corrected chi connectivity index (χ0v) is 14.2. The molecule has 3 aromatic rings. The van der Waals surface area contributed by atoms with E-state index in [9.17, 15) is 9.59 Å². The first-order valence-electron chi connectivity index (χ1n) is 8.06. The van der Waals surface area contributed by atoms with Gasteiger partial charge in [-0.1, -0.05) is 29.8 Å². The molecule has 130 valence electrons. The van der Waals surface area contributed by atoms with Crippen LogP contribution in [0.5, 0.6) is 0 Å². The predicted molar refractivity (Wildman–Crippen MR) is 93.5 cm³/mol. The van der Waals surface area contributed by atoms with Crippen molar-refractivity contribution in [2.45, 2.75) is 33.2 Å². The van der Waals surface area contributed by atoms with Gasteiger partial charge in [-0.2, -0.15) is 10.3 Å². The lowest BCUT2D eigenvalue weighted by Crippen LogP contribution is -2.17. The number of hydrogen-bond acceptors (Lipinski definition) is 4. The van der Waals surface area contributed by atoms with Crippen LogP contribution < -0.4 is 10.9 Å². The van der Waals surface area contributed by atoms with Gasteiger partial charge in [-0.3, -0.25) is 9.59 Å². The van der Waals surface area contributed by atoms with Crippen LogP contribution in [0.15, 0.2) is 45.8 Å². The van der Waals surface area contributed by atoms with Crippen molar-refractivity contribution in [1.29, 1.82) is 0 Å². The van der Waals surface area contributed by atoms with Gasteiger partial charge in [0.2, 0.25) is 5.91 Å². The molecule has 2 N–H and O–H groups in total. The molecular weight excluding hydrogens is 320 g/mol. The summed E-state index contributed by atoms with van der Waals surface area (Å²) in [6, 6.07) is 9.52. The van der Waals surface area contributed by atoms with Crippen molar-refractivity contribution in [3.05, 3.63) is 69.3 Å². The van der Waals surface area contributed by atoms with Crippen LogP contribution in [0.4, 0.5) is 5.82 Å². The predicted octanol–water partition coefficient (Wildman–Crippen LogP) is 2.40. The van der Waals surface area contributed by atoms with Crippen LogP contribution >= 0.6 is 0 Å². The van der Waals surface area contributed by atoms with Crippen molar-refractivity contribution in [3.63, 3.8) is 0 Å². The highest BCUT2D eigenvalue weighted by Crippen LogP contribution is 2.17. The topological polar surface area (TPSA) is 92.9 Å². The van der Waals surface area contributed by atoms with E-state index in [1.54, 1.807) is 10.9 Å². The highest BCUT2D eigenvalue weighted by atomic mass is 16.5. The zero-order valence-electron chi connectivity index (χ0n) is 14.2. The quantitative estimate of drug-likeness (QED) is 0.720. The Morgan fingerprint density at radius 2 is 2.16 bits per heavy atom. The number of benzene rings is 1. The fourth-order valence-electron chi connectivity index (χ4n) is 2.62. The van der Waals surface area contributed by atoms with Crippen LogP contribution in [-0.2, 0) is 17.8 Å². The number of carbonyl (C=O) groups is 1. The van der Waals surface area contributed by atoms with E-state index in [0.717, 1.165) is 11.1 Å². The first-order chi connectivity index (χ1) is 12.0. The second kappa shape index (κ2) is 7.21. The molecule has 0 saturated carbocycles. The molecule has 0 aliphatic rings. The molecule has 7 heteroatoms. The van der Waals surface area contributed by atoms with Gasteiger partial charge >= 0.3 is 0 Å². The Morgan fingerprint density at radius 1 is 1.32 bits per heavy atom. The lowest BCUT2D eigenvalue weighted by molar-refractivity contribution is -0.116. The van der Waals surface area contributed by atoms with Gasteiger partial charge in [0.05, 0.1) is 12.7 Å². The van der Waals surface area contributed by atoms with Gasteiger partial charge in [0.1, 0.15) is 11.6 Å². The Morgan fingerprint density at radius 3 is 2.88 bits per heavy atom. The number of anilines is 1. The van der Waals surface area contributed by atoms with Crippen molar-refractivity contribution in [2.24, 2.45) is 0 Å².